The summed E-state index contributed by atoms with van der Waals surface area (Å²) in [5.41, 5.74) is 3.77. The summed E-state index contributed by atoms with van der Waals surface area (Å²) in [6, 6.07) is 6.95. The summed E-state index contributed by atoms with van der Waals surface area (Å²) in [5, 5.41) is 16.2. The van der Waals surface area contributed by atoms with E-state index in [0.29, 0.717) is 23.7 Å². The molecule has 1 aromatic heterocycles. The number of fused-ring (bicyclic) bond motifs is 1. The molecule has 0 saturated heterocycles. The van der Waals surface area contributed by atoms with Crippen LogP contribution in [-0.4, -0.2) is 16.0 Å². The predicted molar refractivity (Wildman–Crippen MR) is 81.8 cm³/mol. The van der Waals surface area contributed by atoms with Crippen molar-refractivity contribution in [2.75, 3.05) is 10.6 Å². The Bertz CT molecular complexity index is 731. The summed E-state index contributed by atoms with van der Waals surface area (Å²) in [4.78, 5) is 15.6. The highest BCUT2D eigenvalue weighted by molar-refractivity contribution is 6.33. The second kappa shape index (κ2) is 5.26. The first kappa shape index (κ1) is 13.7. The molecule has 0 atom stereocenters. The molecule has 1 aromatic carbocycles. The van der Waals surface area contributed by atoms with E-state index in [1.54, 1.807) is 18.2 Å². The maximum atomic E-state index is 11.4. The van der Waals surface area contributed by atoms with E-state index in [0.717, 1.165) is 22.6 Å². The highest BCUT2D eigenvalue weighted by atomic mass is 35.5. The quantitative estimate of drug-likeness (QED) is 0.815. The van der Waals surface area contributed by atoms with Crippen LogP contribution in [0, 0.1) is 6.92 Å². The zero-order chi connectivity index (χ0) is 15.0. The molecule has 0 fully saturated rings. The average Bonchev–Trinajstić information content (AvgIpc) is 2.78. The number of nitrogens with zero attached hydrogens (tertiary/aromatic N) is 1. The molecule has 1 aliphatic rings. The van der Waals surface area contributed by atoms with Crippen LogP contribution in [0.15, 0.2) is 24.3 Å². The molecule has 0 bridgehead atoms. The van der Waals surface area contributed by atoms with Gasteiger partial charge in [0.2, 0.25) is 5.91 Å². The predicted octanol–water partition coefficient (Wildman–Crippen LogP) is 2.86. The molecule has 6 heteroatoms. The minimum Gasteiger partial charge on any atom is -0.506 e. The molecule has 2 heterocycles. The van der Waals surface area contributed by atoms with E-state index < -0.39 is 0 Å². The van der Waals surface area contributed by atoms with Gasteiger partial charge in [0.1, 0.15) is 11.4 Å². The van der Waals surface area contributed by atoms with Gasteiger partial charge in [0, 0.05) is 11.4 Å². The van der Waals surface area contributed by atoms with Gasteiger partial charge < -0.3 is 15.7 Å². The van der Waals surface area contributed by atoms with Crippen molar-refractivity contribution in [3.8, 4) is 5.75 Å². The van der Waals surface area contributed by atoms with E-state index in [9.17, 15) is 9.90 Å². The van der Waals surface area contributed by atoms with Crippen molar-refractivity contribution in [3.05, 3.63) is 46.2 Å². The Morgan fingerprint density at radius 2 is 2.24 bits per heavy atom. The maximum absolute atomic E-state index is 11.4. The molecule has 21 heavy (non-hydrogen) atoms. The van der Waals surface area contributed by atoms with E-state index in [2.05, 4.69) is 15.6 Å². The summed E-state index contributed by atoms with van der Waals surface area (Å²) in [6.07, 6.45) is 0.356. The molecule has 0 spiro atoms. The molecule has 3 rings (SSSR count). The van der Waals surface area contributed by atoms with Gasteiger partial charge in [0.15, 0.2) is 0 Å². The minimum atomic E-state index is -0.0313. The molecule has 1 amide bonds. The highest BCUT2D eigenvalue weighted by Crippen LogP contribution is 2.33. The standard InChI is InChI=1S/C15H14ClN3O2/c1-8-2-3-14(20)13(18-8)7-17-12-4-9-5-15(21)19-11(9)6-10(12)16/h2-4,6,17,20H,5,7H2,1H3,(H,19,21). The molecule has 2 aromatic rings. The van der Waals surface area contributed by atoms with Crippen LogP contribution >= 0.6 is 11.6 Å². The fraction of sp³-hybridized carbons (Fsp3) is 0.200. The van der Waals surface area contributed by atoms with Crippen LogP contribution in [0.5, 0.6) is 5.75 Å². The van der Waals surface area contributed by atoms with Crippen LogP contribution in [0.25, 0.3) is 0 Å². The van der Waals surface area contributed by atoms with Gasteiger partial charge in [0.25, 0.3) is 0 Å². The van der Waals surface area contributed by atoms with Crippen LogP contribution in [-0.2, 0) is 17.8 Å². The largest absolute Gasteiger partial charge is 0.506 e. The smallest absolute Gasteiger partial charge is 0.228 e. The first-order chi connectivity index (χ1) is 10.0. The minimum absolute atomic E-state index is 0.0313. The number of hydrogen-bond acceptors (Lipinski definition) is 4. The van der Waals surface area contributed by atoms with Crippen molar-refractivity contribution < 1.29 is 9.90 Å². The average molecular weight is 304 g/mol. The molecular weight excluding hydrogens is 290 g/mol. The molecule has 0 radical (unpaired) electrons. The Morgan fingerprint density at radius 1 is 1.43 bits per heavy atom. The zero-order valence-electron chi connectivity index (χ0n) is 11.4. The summed E-state index contributed by atoms with van der Waals surface area (Å²) in [7, 11) is 0. The summed E-state index contributed by atoms with van der Waals surface area (Å²) in [5.74, 6) is 0.110. The number of halogens is 1. The molecule has 1 aliphatic heterocycles. The summed E-state index contributed by atoms with van der Waals surface area (Å²) >= 11 is 6.20. The number of aromatic nitrogens is 1. The summed E-state index contributed by atoms with van der Waals surface area (Å²) < 4.78 is 0. The number of aromatic hydroxyl groups is 1. The van der Waals surface area contributed by atoms with Crippen LogP contribution in [0.3, 0.4) is 0 Å². The van der Waals surface area contributed by atoms with Crippen molar-refractivity contribution in [1.29, 1.82) is 0 Å². The molecule has 3 N–H and O–H groups in total. The third-order valence-electron chi connectivity index (χ3n) is 3.35. The van der Waals surface area contributed by atoms with Gasteiger partial charge in [-0.05, 0) is 36.8 Å². The van der Waals surface area contributed by atoms with E-state index in [4.69, 9.17) is 11.6 Å². The lowest BCUT2D eigenvalue weighted by molar-refractivity contribution is -0.115. The fourth-order valence-electron chi connectivity index (χ4n) is 2.30. The highest BCUT2D eigenvalue weighted by Gasteiger charge is 2.19. The van der Waals surface area contributed by atoms with Gasteiger partial charge in [-0.2, -0.15) is 0 Å². The van der Waals surface area contributed by atoms with Crippen molar-refractivity contribution in [1.82, 2.24) is 4.98 Å². The number of hydrogen-bond donors (Lipinski definition) is 3. The Balaban J connectivity index is 1.81. The molecule has 0 aliphatic carbocycles. The van der Waals surface area contributed by atoms with Crippen molar-refractivity contribution in [2.24, 2.45) is 0 Å². The number of benzene rings is 1. The van der Waals surface area contributed by atoms with Gasteiger partial charge in [-0.15, -0.1) is 0 Å². The van der Waals surface area contributed by atoms with E-state index in [1.807, 2.05) is 13.0 Å². The van der Waals surface area contributed by atoms with Gasteiger partial charge in [0.05, 0.1) is 23.7 Å². The van der Waals surface area contributed by atoms with E-state index >= 15 is 0 Å². The second-order valence-corrected chi connectivity index (χ2v) is 5.39. The Hall–Kier alpha value is -2.27. The molecule has 5 nitrogen and oxygen atoms in total. The summed E-state index contributed by atoms with van der Waals surface area (Å²) in [6.45, 7) is 2.22. The van der Waals surface area contributed by atoms with Crippen molar-refractivity contribution >= 4 is 28.9 Å². The Morgan fingerprint density at radius 3 is 3.05 bits per heavy atom. The lowest BCUT2D eigenvalue weighted by Crippen LogP contribution is -2.04. The Kier molecular flexibility index (Phi) is 3.43. The third kappa shape index (κ3) is 2.78. The number of aryl methyl sites for hydroxylation is 1. The number of carbonyl (C=O) groups excluding carboxylic acids is 1. The van der Waals surface area contributed by atoms with Gasteiger partial charge in [-0.3, -0.25) is 9.78 Å². The number of carbonyl (C=O) groups is 1. The number of rotatable bonds is 3. The van der Waals surface area contributed by atoms with Crippen LogP contribution in [0.1, 0.15) is 17.0 Å². The van der Waals surface area contributed by atoms with Gasteiger partial charge in [-0.25, -0.2) is 0 Å². The Labute approximate surface area is 127 Å². The molecule has 108 valence electrons. The molecular formula is C15H14ClN3O2. The fourth-order valence-corrected chi connectivity index (χ4v) is 2.53. The monoisotopic (exact) mass is 303 g/mol. The normalized spacial score (nSPS) is 13.0. The van der Waals surface area contributed by atoms with Crippen LogP contribution < -0.4 is 10.6 Å². The number of anilines is 2. The van der Waals surface area contributed by atoms with E-state index in [-0.39, 0.29) is 11.7 Å². The first-order valence-corrected chi connectivity index (χ1v) is 6.92. The van der Waals surface area contributed by atoms with Crippen molar-refractivity contribution in [2.45, 2.75) is 19.9 Å². The van der Waals surface area contributed by atoms with Crippen LogP contribution in [0.2, 0.25) is 5.02 Å². The van der Waals surface area contributed by atoms with Crippen LogP contribution in [0.4, 0.5) is 11.4 Å². The molecule has 0 saturated carbocycles. The molecule has 0 unspecified atom stereocenters. The lowest BCUT2D eigenvalue weighted by atomic mass is 10.1. The zero-order valence-corrected chi connectivity index (χ0v) is 12.2. The number of pyridine rings is 1. The third-order valence-corrected chi connectivity index (χ3v) is 3.67. The lowest BCUT2D eigenvalue weighted by Gasteiger charge is -2.11. The first-order valence-electron chi connectivity index (χ1n) is 6.54. The van der Waals surface area contributed by atoms with Crippen molar-refractivity contribution in [3.63, 3.8) is 0 Å². The maximum Gasteiger partial charge on any atom is 0.228 e. The SMILES string of the molecule is Cc1ccc(O)c(CNc2cc3c(cc2Cl)NC(=O)C3)n1. The topological polar surface area (TPSA) is 74.2 Å². The van der Waals surface area contributed by atoms with E-state index in [1.165, 1.54) is 0 Å². The van der Waals surface area contributed by atoms with Gasteiger partial charge >= 0.3 is 0 Å². The number of amides is 1. The van der Waals surface area contributed by atoms with Gasteiger partial charge in [-0.1, -0.05) is 11.6 Å². The second-order valence-electron chi connectivity index (χ2n) is 4.99. The number of nitrogens with one attached hydrogen (secondary N) is 2.